The molecular weight excluding hydrogens is 379 g/mol. The molecule has 0 bridgehead atoms. The van der Waals surface area contributed by atoms with Crippen LogP contribution in [0.2, 0.25) is 0 Å². The number of anilines is 1. The number of Topliss-reactive ketones (excluding diaryl/α,β-unsaturated/α-hetero) is 1. The fourth-order valence-corrected chi connectivity index (χ4v) is 2.36. The fourth-order valence-electron chi connectivity index (χ4n) is 2.36. The highest BCUT2D eigenvalue weighted by molar-refractivity contribution is 6.02. The lowest BCUT2D eigenvalue weighted by atomic mass is 10.1. The molecule has 2 rings (SSSR count). The van der Waals surface area contributed by atoms with Crippen LogP contribution in [0.5, 0.6) is 0 Å². The van der Waals surface area contributed by atoms with Crippen molar-refractivity contribution in [1.29, 1.82) is 0 Å². The van der Waals surface area contributed by atoms with E-state index in [1.807, 2.05) is 0 Å². The Bertz CT molecular complexity index is 970. The largest absolute Gasteiger partial charge is 0.453 e. The minimum absolute atomic E-state index is 0.155. The van der Waals surface area contributed by atoms with Crippen molar-refractivity contribution < 1.29 is 28.3 Å². The number of esters is 1. The van der Waals surface area contributed by atoms with Gasteiger partial charge in [0.2, 0.25) is 17.6 Å². The zero-order valence-electron chi connectivity index (χ0n) is 15.8. The van der Waals surface area contributed by atoms with E-state index in [4.69, 9.17) is 4.74 Å². The third-order valence-electron chi connectivity index (χ3n) is 3.57. The maximum absolute atomic E-state index is 14.1. The zero-order valence-corrected chi connectivity index (χ0v) is 15.8. The number of carbonyl (C=O) groups is 4. The summed E-state index contributed by atoms with van der Waals surface area (Å²) in [7, 11) is 0. The van der Waals surface area contributed by atoms with Crippen molar-refractivity contribution in [3.63, 3.8) is 0 Å². The zero-order chi connectivity index (χ0) is 21.4. The summed E-state index contributed by atoms with van der Waals surface area (Å²) < 4.78 is 19.0. The molecule has 0 saturated carbocycles. The molecule has 0 aromatic heterocycles. The molecule has 0 saturated heterocycles. The first kappa shape index (κ1) is 21.5. The highest BCUT2D eigenvalue weighted by atomic mass is 19.1. The Kier molecular flexibility index (Phi) is 7.36. The molecule has 2 aromatic carbocycles. The van der Waals surface area contributed by atoms with Gasteiger partial charge in [0.25, 0.3) is 0 Å². The van der Waals surface area contributed by atoms with E-state index in [2.05, 4.69) is 10.6 Å². The first-order valence-corrected chi connectivity index (χ1v) is 8.58. The van der Waals surface area contributed by atoms with Gasteiger partial charge in [-0.2, -0.15) is 0 Å². The summed E-state index contributed by atoms with van der Waals surface area (Å²) in [6, 6.07) is 12.3. The summed E-state index contributed by atoms with van der Waals surface area (Å²) in [5, 5.41) is 4.75. The van der Waals surface area contributed by atoms with Gasteiger partial charge in [0, 0.05) is 19.5 Å². The van der Waals surface area contributed by atoms with Crippen molar-refractivity contribution in [2.45, 2.75) is 13.8 Å². The van der Waals surface area contributed by atoms with E-state index in [-0.39, 0.29) is 22.9 Å². The molecule has 0 spiro atoms. The summed E-state index contributed by atoms with van der Waals surface area (Å²) in [5.41, 5.74) is 0.388. The number of carbonyl (C=O) groups excluding carboxylic acids is 4. The van der Waals surface area contributed by atoms with Gasteiger partial charge in [-0.1, -0.05) is 30.3 Å². The third-order valence-corrected chi connectivity index (χ3v) is 3.57. The van der Waals surface area contributed by atoms with Crippen LogP contribution in [0, 0.1) is 5.82 Å². The molecular formula is C21H19FN2O5. The monoisotopic (exact) mass is 398 g/mol. The van der Waals surface area contributed by atoms with Crippen LogP contribution in [-0.4, -0.2) is 30.2 Å². The van der Waals surface area contributed by atoms with Gasteiger partial charge in [-0.3, -0.25) is 14.4 Å². The second-order valence-corrected chi connectivity index (χ2v) is 6.03. The fraction of sp³-hybridized carbons (Fsp3) is 0.143. The number of ketones is 1. The first-order valence-electron chi connectivity index (χ1n) is 8.58. The normalized spacial score (nSPS) is 10.8. The lowest BCUT2D eigenvalue weighted by Gasteiger charge is -2.10. The van der Waals surface area contributed by atoms with Gasteiger partial charge >= 0.3 is 5.97 Å². The van der Waals surface area contributed by atoms with E-state index in [1.165, 1.54) is 32.1 Å². The quantitative estimate of drug-likeness (QED) is 0.424. The molecule has 2 amide bonds. The van der Waals surface area contributed by atoms with Gasteiger partial charge in [0.1, 0.15) is 11.5 Å². The molecule has 2 aromatic rings. The van der Waals surface area contributed by atoms with E-state index < -0.39 is 30.1 Å². The van der Waals surface area contributed by atoms with Gasteiger partial charge in [-0.25, -0.2) is 9.18 Å². The lowest BCUT2D eigenvalue weighted by molar-refractivity contribution is -0.139. The van der Waals surface area contributed by atoms with E-state index >= 15 is 0 Å². The van der Waals surface area contributed by atoms with Crippen LogP contribution in [0.15, 0.2) is 54.2 Å². The van der Waals surface area contributed by atoms with Crippen LogP contribution in [0.3, 0.4) is 0 Å². The van der Waals surface area contributed by atoms with Crippen LogP contribution in [0.4, 0.5) is 10.1 Å². The number of benzene rings is 2. The molecule has 0 heterocycles. The molecule has 0 radical (unpaired) electrons. The molecule has 0 fully saturated rings. The van der Waals surface area contributed by atoms with Crippen molar-refractivity contribution in [3.8, 4) is 0 Å². The summed E-state index contributed by atoms with van der Waals surface area (Å²) in [4.78, 5) is 46.8. The van der Waals surface area contributed by atoms with Crippen molar-refractivity contribution in [2.24, 2.45) is 0 Å². The maximum Gasteiger partial charge on any atom is 0.355 e. The Morgan fingerprint density at radius 2 is 1.69 bits per heavy atom. The second kappa shape index (κ2) is 9.93. The molecule has 150 valence electrons. The summed E-state index contributed by atoms with van der Waals surface area (Å²) in [6.07, 6.45) is 1.40. The van der Waals surface area contributed by atoms with Gasteiger partial charge in [-0.15, -0.1) is 0 Å². The number of ether oxygens (including phenoxy) is 1. The average Bonchev–Trinajstić information content (AvgIpc) is 2.65. The minimum Gasteiger partial charge on any atom is -0.453 e. The van der Waals surface area contributed by atoms with E-state index in [9.17, 15) is 23.6 Å². The Labute approximate surface area is 166 Å². The number of amides is 2. The molecule has 7 nitrogen and oxygen atoms in total. The average molecular weight is 398 g/mol. The Morgan fingerprint density at radius 1 is 1.00 bits per heavy atom. The van der Waals surface area contributed by atoms with Crippen molar-refractivity contribution in [2.75, 3.05) is 11.9 Å². The van der Waals surface area contributed by atoms with Gasteiger partial charge < -0.3 is 15.4 Å². The molecule has 2 N–H and O–H groups in total. The molecule has 0 aliphatic carbocycles. The first-order chi connectivity index (χ1) is 13.8. The van der Waals surface area contributed by atoms with Gasteiger partial charge in [0.05, 0.1) is 5.56 Å². The third kappa shape index (κ3) is 6.69. The van der Waals surface area contributed by atoms with E-state index in [0.29, 0.717) is 5.56 Å². The molecule has 0 atom stereocenters. The van der Waals surface area contributed by atoms with Gasteiger partial charge in [0.15, 0.2) is 6.61 Å². The molecule has 0 unspecified atom stereocenters. The van der Waals surface area contributed by atoms with E-state index in [1.54, 1.807) is 30.3 Å². The van der Waals surface area contributed by atoms with Gasteiger partial charge in [-0.05, 0) is 29.8 Å². The Balaban J connectivity index is 2.09. The standard InChI is InChI=1S/C21H19FN2O5/c1-13(25)23-16-8-9-17(18(22)11-16)20(27)12-29-21(28)19(24-14(2)26)10-15-6-4-3-5-7-15/h3-11H,12H2,1-2H3,(H,23,25)(H,24,26)/b19-10-. The molecule has 0 aliphatic rings. The van der Waals surface area contributed by atoms with Crippen LogP contribution in [0.1, 0.15) is 29.8 Å². The van der Waals surface area contributed by atoms with E-state index in [0.717, 1.165) is 6.07 Å². The summed E-state index contributed by atoms with van der Waals surface area (Å²) >= 11 is 0. The predicted molar refractivity (Wildman–Crippen MR) is 104 cm³/mol. The Morgan fingerprint density at radius 3 is 2.28 bits per heavy atom. The lowest BCUT2D eigenvalue weighted by Crippen LogP contribution is -2.27. The number of nitrogens with one attached hydrogen (secondary N) is 2. The van der Waals surface area contributed by atoms with Crippen molar-refractivity contribution in [3.05, 3.63) is 71.2 Å². The highest BCUT2D eigenvalue weighted by Gasteiger charge is 2.18. The molecule has 8 heteroatoms. The topological polar surface area (TPSA) is 102 Å². The van der Waals surface area contributed by atoms with Crippen molar-refractivity contribution in [1.82, 2.24) is 5.32 Å². The highest BCUT2D eigenvalue weighted by Crippen LogP contribution is 2.16. The van der Waals surface area contributed by atoms with Crippen LogP contribution in [0.25, 0.3) is 6.08 Å². The van der Waals surface area contributed by atoms with Crippen LogP contribution in [-0.2, 0) is 19.1 Å². The molecule has 0 aliphatic heterocycles. The minimum atomic E-state index is -0.937. The Hall–Kier alpha value is -3.81. The SMILES string of the molecule is CC(=O)N/C(=C\c1ccccc1)C(=O)OCC(=O)c1ccc(NC(C)=O)cc1F. The predicted octanol–water partition coefficient (Wildman–Crippen LogP) is 2.69. The second-order valence-electron chi connectivity index (χ2n) is 6.03. The number of rotatable bonds is 7. The number of hydrogen-bond donors (Lipinski definition) is 2. The van der Waals surface area contributed by atoms with Crippen molar-refractivity contribution >= 4 is 35.3 Å². The number of halogens is 1. The number of hydrogen-bond acceptors (Lipinski definition) is 5. The maximum atomic E-state index is 14.1. The molecule has 29 heavy (non-hydrogen) atoms. The summed E-state index contributed by atoms with van der Waals surface area (Å²) in [5.74, 6) is -3.44. The van der Waals surface area contributed by atoms with Crippen LogP contribution < -0.4 is 10.6 Å². The summed E-state index contributed by atoms with van der Waals surface area (Å²) in [6.45, 7) is 1.77. The smallest absolute Gasteiger partial charge is 0.355 e. The van der Waals surface area contributed by atoms with Crippen LogP contribution >= 0.6 is 0 Å².